The zero-order valence-electron chi connectivity index (χ0n) is 26.0. The smallest absolute Gasteiger partial charge is 0.246 e. The topological polar surface area (TPSA) is 89.8 Å². The Bertz CT molecular complexity index is 2090. The molecule has 0 radical (unpaired) electrons. The van der Waals surface area contributed by atoms with E-state index in [1.54, 1.807) is 16.8 Å². The average Bonchev–Trinajstić information content (AvgIpc) is 3.77. The molecule has 0 spiro atoms. The number of benzene rings is 2. The van der Waals surface area contributed by atoms with E-state index >= 15 is 4.39 Å². The molecule has 240 valence electrons. The maximum atomic E-state index is 16.1. The first kappa shape index (κ1) is 30.7. The van der Waals surface area contributed by atoms with Crippen LogP contribution in [0.15, 0.2) is 60.5 Å². The molecular weight excluding hydrogens is 624 g/mol. The minimum absolute atomic E-state index is 0.0106. The number of ether oxygens (including phenoxy) is 2. The van der Waals surface area contributed by atoms with Crippen LogP contribution >= 0.6 is 11.3 Å². The molecule has 47 heavy (non-hydrogen) atoms. The van der Waals surface area contributed by atoms with Crippen molar-refractivity contribution in [2.75, 3.05) is 32.3 Å². The monoisotopic (exact) mass is 655 g/mol. The summed E-state index contributed by atoms with van der Waals surface area (Å²) in [6.07, 6.45) is 1.63. The zero-order valence-corrected chi connectivity index (χ0v) is 26.9. The summed E-state index contributed by atoms with van der Waals surface area (Å²) in [5, 5.41) is 7.58. The van der Waals surface area contributed by atoms with E-state index in [0.717, 1.165) is 40.0 Å². The number of carbonyl (C=O) groups is 2. The van der Waals surface area contributed by atoms with Crippen molar-refractivity contribution in [1.29, 1.82) is 0 Å². The van der Waals surface area contributed by atoms with Crippen LogP contribution in [0.5, 0.6) is 5.75 Å². The second-order valence-corrected chi connectivity index (χ2v) is 12.6. The van der Waals surface area contributed by atoms with Crippen molar-refractivity contribution in [3.8, 4) is 39.5 Å². The van der Waals surface area contributed by atoms with E-state index in [0.29, 0.717) is 46.9 Å². The molecule has 0 saturated heterocycles. The number of thiophene rings is 1. The van der Waals surface area contributed by atoms with Gasteiger partial charge in [0.25, 0.3) is 0 Å². The number of likely N-dealkylation sites (N-methyl/N-ethyl adjacent to an activating group) is 1. The summed E-state index contributed by atoms with van der Waals surface area (Å²) < 4.78 is 44.3. The molecule has 0 saturated carbocycles. The Balaban J connectivity index is 1.48. The second kappa shape index (κ2) is 12.0. The number of carbonyl (C=O) groups excluding carboxylic acids is 2. The van der Waals surface area contributed by atoms with E-state index in [1.807, 2.05) is 47.3 Å². The van der Waals surface area contributed by atoms with Gasteiger partial charge >= 0.3 is 0 Å². The number of anilines is 1. The van der Waals surface area contributed by atoms with E-state index in [4.69, 9.17) is 19.6 Å². The van der Waals surface area contributed by atoms with Crippen molar-refractivity contribution in [1.82, 2.24) is 19.7 Å². The third kappa shape index (κ3) is 5.27. The average molecular weight is 656 g/mol. The van der Waals surface area contributed by atoms with Crippen molar-refractivity contribution in [2.45, 2.75) is 32.5 Å². The van der Waals surface area contributed by atoms with Crippen molar-refractivity contribution in [3.63, 3.8) is 0 Å². The normalized spacial score (nSPS) is 15.7. The molecule has 1 unspecified atom stereocenters. The van der Waals surface area contributed by atoms with E-state index in [2.05, 4.69) is 6.58 Å². The van der Waals surface area contributed by atoms with Gasteiger partial charge in [-0.25, -0.2) is 13.8 Å². The quantitative estimate of drug-likeness (QED) is 0.145. The Kier molecular flexibility index (Phi) is 7.85. The maximum absolute atomic E-state index is 16.1. The molecule has 3 aromatic heterocycles. The molecular formula is C35H31F2N5O4S. The molecule has 5 aromatic rings. The summed E-state index contributed by atoms with van der Waals surface area (Å²) in [5.41, 5.74) is 5.24. The van der Waals surface area contributed by atoms with Crippen LogP contribution in [0.25, 0.3) is 43.9 Å². The van der Waals surface area contributed by atoms with E-state index in [-0.39, 0.29) is 42.4 Å². The highest BCUT2D eigenvalue weighted by molar-refractivity contribution is 7.18. The van der Waals surface area contributed by atoms with Gasteiger partial charge in [-0.15, -0.1) is 11.3 Å². The van der Waals surface area contributed by atoms with Gasteiger partial charge in [-0.1, -0.05) is 18.7 Å². The Morgan fingerprint density at radius 3 is 2.74 bits per heavy atom. The number of hydrogen-bond acceptors (Lipinski definition) is 7. The number of rotatable bonds is 8. The lowest BCUT2D eigenvalue weighted by atomic mass is 9.96. The summed E-state index contributed by atoms with van der Waals surface area (Å²) in [6, 6.07) is 11.5. The molecule has 0 aliphatic carbocycles. The molecule has 5 heterocycles. The van der Waals surface area contributed by atoms with Crippen LogP contribution in [0.1, 0.15) is 18.2 Å². The van der Waals surface area contributed by atoms with Gasteiger partial charge in [-0.05, 0) is 42.1 Å². The van der Waals surface area contributed by atoms with Crippen LogP contribution in [-0.2, 0) is 33.8 Å². The third-order valence-corrected chi connectivity index (χ3v) is 9.65. The van der Waals surface area contributed by atoms with Crippen LogP contribution < -0.4 is 9.64 Å². The van der Waals surface area contributed by atoms with Gasteiger partial charge < -0.3 is 19.3 Å². The molecule has 2 aliphatic rings. The molecule has 7 rings (SSSR count). The Hall–Kier alpha value is -4.94. The molecule has 2 aromatic carbocycles. The predicted molar refractivity (Wildman–Crippen MR) is 176 cm³/mol. The highest BCUT2D eigenvalue weighted by Gasteiger charge is 2.31. The Morgan fingerprint density at radius 1 is 1.13 bits per heavy atom. The van der Waals surface area contributed by atoms with E-state index < -0.39 is 11.6 Å². The SMILES string of the molecule is C=CC(=O)N1Cc2cc(-c3nc(-c4ccc5c(c4)N(C)C(=O)C5)c4ccsc4c3-c3c(F)cc(F)cc3OCCOC)nn2CC1C. The molecule has 2 aliphatic heterocycles. The predicted octanol–water partition coefficient (Wildman–Crippen LogP) is 6.23. The molecule has 9 nitrogen and oxygen atoms in total. The molecule has 12 heteroatoms. The van der Waals surface area contributed by atoms with Crippen LogP contribution in [0, 0.1) is 11.6 Å². The highest BCUT2D eigenvalue weighted by Crippen LogP contribution is 2.47. The van der Waals surface area contributed by atoms with E-state index in [9.17, 15) is 14.0 Å². The minimum Gasteiger partial charge on any atom is -0.490 e. The summed E-state index contributed by atoms with van der Waals surface area (Å²) in [6.45, 7) is 6.63. The van der Waals surface area contributed by atoms with Crippen LogP contribution in [0.4, 0.5) is 14.5 Å². The van der Waals surface area contributed by atoms with Crippen molar-refractivity contribution >= 4 is 38.9 Å². The van der Waals surface area contributed by atoms with Crippen LogP contribution in [0.3, 0.4) is 0 Å². The standard InChI is InChI=1S/C35H31F2N5O4S/c1-5-29(43)41-18-23-16-26(39-42(23)17-19(41)2)34-32(31-25(37)14-22(36)15-28(31)46-10-9-45-4)35-24(8-11-47-35)33(38-34)21-7-6-20-13-30(44)40(3)27(20)12-21/h5-8,11-12,14-16,19H,1,9-10,13,17-18H2,2-4H3. The lowest BCUT2D eigenvalue weighted by molar-refractivity contribution is -0.129. The number of nitrogens with zero attached hydrogens (tertiary/aromatic N) is 5. The lowest BCUT2D eigenvalue weighted by Gasteiger charge is -2.33. The third-order valence-electron chi connectivity index (χ3n) is 8.72. The van der Waals surface area contributed by atoms with Gasteiger partial charge in [0, 0.05) is 59.2 Å². The summed E-state index contributed by atoms with van der Waals surface area (Å²) in [5.74, 6) is -1.73. The maximum Gasteiger partial charge on any atom is 0.246 e. The fraction of sp³-hybridized carbons (Fsp3) is 0.257. The number of halogens is 2. The van der Waals surface area contributed by atoms with Crippen molar-refractivity contribution < 1.29 is 27.8 Å². The van der Waals surface area contributed by atoms with Crippen LogP contribution in [0.2, 0.25) is 0 Å². The molecule has 0 bridgehead atoms. The molecule has 2 amide bonds. The number of hydrogen-bond donors (Lipinski definition) is 0. The summed E-state index contributed by atoms with van der Waals surface area (Å²) >= 11 is 1.40. The van der Waals surface area contributed by atoms with Crippen molar-refractivity contribution in [2.24, 2.45) is 0 Å². The molecule has 0 N–H and O–H groups in total. The minimum atomic E-state index is -0.805. The second-order valence-electron chi connectivity index (χ2n) is 11.6. The fourth-order valence-electron chi connectivity index (χ4n) is 6.34. The zero-order chi connectivity index (χ0) is 33.0. The number of aromatic nitrogens is 3. The first-order chi connectivity index (χ1) is 22.7. The Morgan fingerprint density at radius 2 is 1.96 bits per heavy atom. The number of methoxy groups -OCH3 is 1. The summed E-state index contributed by atoms with van der Waals surface area (Å²) in [4.78, 5) is 33.6. The number of pyridine rings is 1. The van der Waals surface area contributed by atoms with E-state index in [1.165, 1.54) is 24.5 Å². The molecule has 1 atom stereocenters. The molecule has 0 fully saturated rings. The Labute approximate surface area is 273 Å². The number of fused-ring (bicyclic) bond motifs is 3. The van der Waals surface area contributed by atoms with Crippen molar-refractivity contribution in [3.05, 3.63) is 83.4 Å². The fourth-order valence-corrected chi connectivity index (χ4v) is 7.29. The van der Waals surface area contributed by atoms with Gasteiger partial charge in [-0.3, -0.25) is 14.3 Å². The largest absolute Gasteiger partial charge is 0.490 e. The number of amides is 2. The van der Waals surface area contributed by atoms with Gasteiger partial charge in [-0.2, -0.15) is 5.10 Å². The highest BCUT2D eigenvalue weighted by atomic mass is 32.1. The van der Waals surface area contributed by atoms with Gasteiger partial charge in [0.2, 0.25) is 11.8 Å². The van der Waals surface area contributed by atoms with Gasteiger partial charge in [0.1, 0.15) is 35.4 Å². The first-order valence-corrected chi connectivity index (χ1v) is 16.0. The first-order valence-electron chi connectivity index (χ1n) is 15.1. The van der Waals surface area contributed by atoms with Gasteiger partial charge in [0.05, 0.1) is 43.1 Å². The van der Waals surface area contributed by atoms with Crippen LogP contribution in [-0.4, -0.2) is 64.9 Å². The van der Waals surface area contributed by atoms with Gasteiger partial charge in [0.15, 0.2) is 0 Å². The lowest BCUT2D eigenvalue weighted by Crippen LogP contribution is -2.44. The summed E-state index contributed by atoms with van der Waals surface area (Å²) in [7, 11) is 3.27.